The van der Waals surface area contributed by atoms with Gasteiger partial charge in [-0.05, 0) is 73.5 Å². The van der Waals surface area contributed by atoms with Crippen LogP contribution in [-0.2, 0) is 0 Å². The van der Waals surface area contributed by atoms with Gasteiger partial charge in [-0.25, -0.2) is 0 Å². The van der Waals surface area contributed by atoms with Crippen molar-refractivity contribution in [2.75, 3.05) is 7.05 Å². The van der Waals surface area contributed by atoms with Gasteiger partial charge in [-0.3, -0.25) is 4.79 Å². The highest BCUT2D eigenvalue weighted by atomic mass is 127. The quantitative estimate of drug-likeness (QED) is 0.776. The van der Waals surface area contributed by atoms with E-state index in [1.54, 1.807) is 12.1 Å². The maximum absolute atomic E-state index is 12.2. The van der Waals surface area contributed by atoms with Gasteiger partial charge < -0.3 is 10.6 Å². The lowest BCUT2D eigenvalue weighted by molar-refractivity contribution is 0.0924. The Balaban J connectivity index is 1.96. The fraction of sp³-hybridized carbons (Fsp3) is 0.500. The van der Waals surface area contributed by atoms with E-state index in [9.17, 15) is 4.79 Å². The molecule has 0 aromatic heterocycles. The van der Waals surface area contributed by atoms with Crippen molar-refractivity contribution in [1.29, 1.82) is 0 Å². The summed E-state index contributed by atoms with van der Waals surface area (Å²) in [4.78, 5) is 12.2. The van der Waals surface area contributed by atoms with Crippen LogP contribution in [0.2, 0.25) is 5.02 Å². The van der Waals surface area contributed by atoms with E-state index in [1.165, 1.54) is 0 Å². The van der Waals surface area contributed by atoms with Gasteiger partial charge in [-0.15, -0.1) is 0 Å². The lowest BCUT2D eigenvalue weighted by Gasteiger charge is -2.28. The number of carbonyl (C=O) groups excluding carboxylic acids is 1. The molecule has 1 saturated carbocycles. The van der Waals surface area contributed by atoms with Crippen molar-refractivity contribution in [2.45, 2.75) is 37.8 Å². The summed E-state index contributed by atoms with van der Waals surface area (Å²) in [6, 6.07) is 6.29. The van der Waals surface area contributed by atoms with Crippen molar-refractivity contribution in [3.05, 3.63) is 32.4 Å². The molecule has 1 aliphatic rings. The second-order valence-corrected chi connectivity index (χ2v) is 6.53. The molecule has 1 aromatic rings. The van der Waals surface area contributed by atoms with Crippen molar-refractivity contribution >= 4 is 40.1 Å². The van der Waals surface area contributed by atoms with E-state index in [-0.39, 0.29) is 11.9 Å². The summed E-state index contributed by atoms with van der Waals surface area (Å²) in [5, 5.41) is 7.01. The van der Waals surface area contributed by atoms with Crippen LogP contribution in [0.3, 0.4) is 0 Å². The van der Waals surface area contributed by atoms with Gasteiger partial charge in [0.2, 0.25) is 0 Å². The molecule has 0 spiro atoms. The second kappa shape index (κ2) is 6.90. The summed E-state index contributed by atoms with van der Waals surface area (Å²) in [5.74, 6) is -0.0141. The van der Waals surface area contributed by atoms with Gasteiger partial charge in [-0.1, -0.05) is 11.6 Å². The minimum atomic E-state index is -0.0141. The van der Waals surface area contributed by atoms with E-state index in [2.05, 4.69) is 33.2 Å². The van der Waals surface area contributed by atoms with Crippen LogP contribution in [0.1, 0.15) is 36.0 Å². The summed E-state index contributed by atoms with van der Waals surface area (Å²) in [6.45, 7) is 0. The molecule has 2 N–H and O–H groups in total. The molecule has 1 amide bonds. The first kappa shape index (κ1) is 15.1. The monoisotopic (exact) mass is 392 g/mol. The third-order valence-electron chi connectivity index (χ3n) is 3.64. The zero-order valence-electron chi connectivity index (χ0n) is 10.9. The van der Waals surface area contributed by atoms with Gasteiger partial charge in [0.25, 0.3) is 5.91 Å². The molecule has 1 fully saturated rings. The van der Waals surface area contributed by atoms with Gasteiger partial charge in [0.15, 0.2) is 0 Å². The third-order valence-corrected chi connectivity index (χ3v) is 4.82. The van der Waals surface area contributed by atoms with Crippen molar-refractivity contribution in [1.82, 2.24) is 10.6 Å². The summed E-state index contributed by atoms with van der Waals surface area (Å²) < 4.78 is 0.934. The fourth-order valence-corrected chi connectivity index (χ4v) is 3.21. The molecule has 0 heterocycles. The van der Waals surface area contributed by atoms with Gasteiger partial charge in [0.05, 0.1) is 5.56 Å². The topological polar surface area (TPSA) is 41.1 Å². The van der Waals surface area contributed by atoms with E-state index in [0.717, 1.165) is 29.3 Å². The van der Waals surface area contributed by atoms with Crippen molar-refractivity contribution < 1.29 is 4.79 Å². The minimum absolute atomic E-state index is 0.0141. The average Bonchev–Trinajstić information content (AvgIpc) is 2.42. The lowest BCUT2D eigenvalue weighted by atomic mass is 9.91. The highest BCUT2D eigenvalue weighted by Crippen LogP contribution is 2.21. The Morgan fingerprint density at radius 2 is 1.89 bits per heavy atom. The molecule has 1 aromatic carbocycles. The number of amides is 1. The minimum Gasteiger partial charge on any atom is -0.349 e. The molecule has 0 radical (unpaired) electrons. The van der Waals surface area contributed by atoms with E-state index < -0.39 is 0 Å². The Hall–Kier alpha value is -0.330. The van der Waals surface area contributed by atoms with Crippen LogP contribution >= 0.6 is 34.2 Å². The molecule has 2 rings (SSSR count). The van der Waals surface area contributed by atoms with Gasteiger partial charge in [0.1, 0.15) is 0 Å². The number of benzene rings is 1. The molecule has 0 bridgehead atoms. The Kier molecular flexibility index (Phi) is 5.47. The SMILES string of the molecule is CNC1CCC(NC(=O)c2cc(Cl)ccc2I)CC1. The number of hydrogen-bond acceptors (Lipinski definition) is 2. The summed E-state index contributed by atoms with van der Waals surface area (Å²) in [5.41, 5.74) is 0.670. The molecule has 19 heavy (non-hydrogen) atoms. The third kappa shape index (κ3) is 4.07. The highest BCUT2D eigenvalue weighted by Gasteiger charge is 2.22. The Bertz CT molecular complexity index is 459. The normalized spacial score (nSPS) is 23.1. The first-order chi connectivity index (χ1) is 9.10. The molecule has 0 atom stereocenters. The molecule has 0 aliphatic heterocycles. The molecule has 104 valence electrons. The summed E-state index contributed by atoms with van der Waals surface area (Å²) in [6.07, 6.45) is 4.31. The van der Waals surface area contributed by atoms with Gasteiger partial charge in [0, 0.05) is 20.7 Å². The van der Waals surface area contributed by atoms with Crippen LogP contribution < -0.4 is 10.6 Å². The Morgan fingerprint density at radius 3 is 2.53 bits per heavy atom. The van der Waals surface area contributed by atoms with E-state index in [1.807, 2.05) is 13.1 Å². The number of carbonyl (C=O) groups is 1. The molecule has 0 saturated heterocycles. The zero-order chi connectivity index (χ0) is 13.8. The van der Waals surface area contributed by atoms with E-state index in [0.29, 0.717) is 16.6 Å². The van der Waals surface area contributed by atoms with Crippen LogP contribution in [0.5, 0.6) is 0 Å². The zero-order valence-corrected chi connectivity index (χ0v) is 13.8. The van der Waals surface area contributed by atoms with Crippen molar-refractivity contribution in [2.24, 2.45) is 0 Å². The Labute approximate surface area is 132 Å². The average molecular weight is 393 g/mol. The molecule has 5 heteroatoms. The number of halogens is 2. The molecular weight excluding hydrogens is 375 g/mol. The molecule has 3 nitrogen and oxygen atoms in total. The van der Waals surface area contributed by atoms with Crippen LogP contribution in [0, 0.1) is 3.57 Å². The maximum Gasteiger partial charge on any atom is 0.252 e. The lowest BCUT2D eigenvalue weighted by Crippen LogP contribution is -2.41. The first-order valence-electron chi connectivity index (χ1n) is 6.53. The second-order valence-electron chi connectivity index (χ2n) is 4.93. The van der Waals surface area contributed by atoms with E-state index in [4.69, 9.17) is 11.6 Å². The predicted octanol–water partition coefficient (Wildman–Crippen LogP) is 3.21. The van der Waals surface area contributed by atoms with Gasteiger partial charge >= 0.3 is 0 Å². The van der Waals surface area contributed by atoms with Crippen molar-refractivity contribution in [3.63, 3.8) is 0 Å². The highest BCUT2D eigenvalue weighted by molar-refractivity contribution is 14.1. The first-order valence-corrected chi connectivity index (χ1v) is 7.99. The summed E-state index contributed by atoms with van der Waals surface area (Å²) in [7, 11) is 2.00. The molecular formula is C14H18ClIN2O. The smallest absolute Gasteiger partial charge is 0.252 e. The Morgan fingerprint density at radius 1 is 1.26 bits per heavy atom. The summed E-state index contributed by atoms with van der Waals surface area (Å²) >= 11 is 8.12. The van der Waals surface area contributed by atoms with Gasteiger partial charge in [-0.2, -0.15) is 0 Å². The largest absolute Gasteiger partial charge is 0.349 e. The van der Waals surface area contributed by atoms with Crippen LogP contribution in [-0.4, -0.2) is 25.0 Å². The standard InChI is InChI=1S/C14H18ClIN2O/c1-17-10-3-5-11(6-4-10)18-14(19)12-8-9(15)2-7-13(12)16/h2,7-8,10-11,17H,3-6H2,1H3,(H,18,19). The molecule has 0 unspecified atom stereocenters. The number of rotatable bonds is 3. The number of nitrogens with one attached hydrogen (secondary N) is 2. The fourth-order valence-electron chi connectivity index (χ4n) is 2.46. The maximum atomic E-state index is 12.2. The molecule has 1 aliphatic carbocycles. The van der Waals surface area contributed by atoms with Crippen molar-refractivity contribution in [3.8, 4) is 0 Å². The van der Waals surface area contributed by atoms with Crippen LogP contribution in [0.15, 0.2) is 18.2 Å². The van der Waals surface area contributed by atoms with Crippen LogP contribution in [0.25, 0.3) is 0 Å². The predicted molar refractivity (Wildman–Crippen MR) is 86.7 cm³/mol. The van der Waals surface area contributed by atoms with E-state index >= 15 is 0 Å². The number of hydrogen-bond donors (Lipinski definition) is 2. The van der Waals surface area contributed by atoms with Crippen LogP contribution in [0.4, 0.5) is 0 Å².